The zero-order valence-corrected chi connectivity index (χ0v) is 13.7. The topological polar surface area (TPSA) is 93.2 Å². The summed E-state index contributed by atoms with van der Waals surface area (Å²) < 4.78 is 1.58. The molecule has 22 heavy (non-hydrogen) atoms. The highest BCUT2D eigenvalue weighted by Gasteiger charge is 2.24. The molecule has 8 heteroatoms. The van der Waals surface area contributed by atoms with Crippen LogP contribution >= 0.6 is 11.6 Å². The van der Waals surface area contributed by atoms with E-state index < -0.39 is 0 Å². The Kier molecular flexibility index (Phi) is 5.42. The minimum atomic E-state index is -0.280. The lowest BCUT2D eigenvalue weighted by Crippen LogP contribution is -2.44. The molecule has 0 saturated carbocycles. The number of nitrogens with one attached hydrogen (secondary N) is 1. The number of likely N-dealkylation sites (tertiary alicyclic amines) is 1. The summed E-state index contributed by atoms with van der Waals surface area (Å²) in [6.07, 6.45) is 1.80. The number of aromatic nitrogens is 2. The molecular weight excluding hydrogens is 306 g/mol. The highest BCUT2D eigenvalue weighted by atomic mass is 35.5. The Morgan fingerprint density at radius 2 is 2.23 bits per heavy atom. The molecule has 1 aliphatic heterocycles. The number of piperidine rings is 1. The maximum atomic E-state index is 12.1. The van der Waals surface area contributed by atoms with Gasteiger partial charge in [0.05, 0.1) is 16.6 Å². The molecule has 0 aromatic carbocycles. The fourth-order valence-electron chi connectivity index (χ4n) is 2.63. The van der Waals surface area contributed by atoms with Gasteiger partial charge in [-0.1, -0.05) is 11.6 Å². The second-order valence-electron chi connectivity index (χ2n) is 5.67. The van der Waals surface area contributed by atoms with Gasteiger partial charge >= 0.3 is 0 Å². The summed E-state index contributed by atoms with van der Waals surface area (Å²) >= 11 is 6.08. The first-order valence-electron chi connectivity index (χ1n) is 7.39. The summed E-state index contributed by atoms with van der Waals surface area (Å²) in [7, 11) is 1.75. The average Bonchev–Trinajstić information content (AvgIpc) is 2.75. The van der Waals surface area contributed by atoms with Crippen molar-refractivity contribution < 1.29 is 9.59 Å². The molecule has 0 aliphatic carbocycles. The number of nitrogens with zero attached hydrogens (tertiary/aromatic N) is 3. The van der Waals surface area contributed by atoms with E-state index in [9.17, 15) is 9.59 Å². The lowest BCUT2D eigenvalue weighted by atomic mass is 9.97. The first-order valence-corrected chi connectivity index (χ1v) is 7.77. The summed E-state index contributed by atoms with van der Waals surface area (Å²) in [6.45, 7) is 4.55. The molecule has 1 aromatic heterocycles. The molecule has 2 heterocycles. The summed E-state index contributed by atoms with van der Waals surface area (Å²) in [6, 6.07) is 0. The van der Waals surface area contributed by atoms with Gasteiger partial charge in [-0.05, 0) is 26.3 Å². The van der Waals surface area contributed by atoms with Crippen LogP contribution in [-0.4, -0.2) is 52.7 Å². The largest absolute Gasteiger partial charge is 0.369 e. The molecule has 1 saturated heterocycles. The molecule has 2 rings (SSSR count). The van der Waals surface area contributed by atoms with Crippen molar-refractivity contribution in [2.24, 2.45) is 18.7 Å². The third kappa shape index (κ3) is 3.78. The van der Waals surface area contributed by atoms with Gasteiger partial charge in [0.1, 0.15) is 0 Å². The van der Waals surface area contributed by atoms with Gasteiger partial charge in [0.15, 0.2) is 5.69 Å². The quantitative estimate of drug-likeness (QED) is 0.814. The minimum absolute atomic E-state index is 0.0858. The third-order valence-corrected chi connectivity index (χ3v) is 4.55. The molecule has 3 N–H and O–H groups in total. The first-order chi connectivity index (χ1) is 10.4. The van der Waals surface area contributed by atoms with E-state index >= 15 is 0 Å². The maximum Gasteiger partial charge on any atom is 0.273 e. The molecule has 122 valence electrons. The molecule has 1 aromatic rings. The fourth-order valence-corrected chi connectivity index (χ4v) is 2.88. The van der Waals surface area contributed by atoms with Crippen LogP contribution in [0.2, 0.25) is 5.02 Å². The van der Waals surface area contributed by atoms with Crippen molar-refractivity contribution in [2.75, 3.05) is 26.2 Å². The number of primary amides is 1. The molecule has 1 aliphatic rings. The van der Waals surface area contributed by atoms with Gasteiger partial charge in [0, 0.05) is 26.7 Å². The van der Waals surface area contributed by atoms with E-state index in [1.165, 1.54) is 0 Å². The van der Waals surface area contributed by atoms with Crippen LogP contribution in [0, 0.1) is 12.8 Å². The molecule has 1 fully saturated rings. The van der Waals surface area contributed by atoms with Crippen LogP contribution in [0.25, 0.3) is 0 Å². The number of aryl methyl sites for hydroxylation is 1. The van der Waals surface area contributed by atoms with Gasteiger partial charge in [-0.3, -0.25) is 14.3 Å². The SMILES string of the molecule is Cc1c(Cl)c(C(=O)NCCN2CCC[C@@H](C(N)=O)C2)nn1C. The van der Waals surface area contributed by atoms with Gasteiger partial charge in [-0.2, -0.15) is 5.10 Å². The normalized spacial score (nSPS) is 19.1. The van der Waals surface area contributed by atoms with Crippen LogP contribution in [-0.2, 0) is 11.8 Å². The number of rotatable bonds is 5. The molecule has 1 atom stereocenters. The molecular formula is C14H22ClN5O2. The Balaban J connectivity index is 1.82. The highest BCUT2D eigenvalue weighted by Crippen LogP contribution is 2.19. The number of carbonyl (C=O) groups is 2. The van der Waals surface area contributed by atoms with E-state index in [0.29, 0.717) is 24.7 Å². The van der Waals surface area contributed by atoms with Crippen molar-refractivity contribution in [3.05, 3.63) is 16.4 Å². The lowest BCUT2D eigenvalue weighted by molar-refractivity contribution is -0.123. The Labute approximate surface area is 134 Å². The van der Waals surface area contributed by atoms with Crippen LogP contribution in [0.15, 0.2) is 0 Å². The van der Waals surface area contributed by atoms with Crippen molar-refractivity contribution in [2.45, 2.75) is 19.8 Å². The predicted octanol–water partition coefficient (Wildman–Crippen LogP) is 0.309. The van der Waals surface area contributed by atoms with Crippen molar-refractivity contribution >= 4 is 23.4 Å². The Morgan fingerprint density at radius 3 is 2.82 bits per heavy atom. The molecule has 2 amide bonds. The summed E-state index contributed by atoms with van der Waals surface area (Å²) in [5, 5.41) is 7.30. The number of nitrogens with two attached hydrogens (primary N) is 1. The molecule has 0 bridgehead atoms. The second-order valence-corrected chi connectivity index (χ2v) is 6.05. The minimum Gasteiger partial charge on any atom is -0.369 e. The van der Waals surface area contributed by atoms with Gasteiger partial charge in [-0.25, -0.2) is 0 Å². The molecule has 0 spiro atoms. The Hall–Kier alpha value is -1.60. The molecule has 0 radical (unpaired) electrons. The zero-order valence-electron chi connectivity index (χ0n) is 12.9. The first kappa shape index (κ1) is 16.8. The molecule has 7 nitrogen and oxygen atoms in total. The monoisotopic (exact) mass is 327 g/mol. The van der Waals surface area contributed by atoms with Crippen molar-refractivity contribution in [1.29, 1.82) is 0 Å². The average molecular weight is 328 g/mol. The van der Waals surface area contributed by atoms with Crippen LogP contribution in [0.3, 0.4) is 0 Å². The van der Waals surface area contributed by atoms with E-state index in [4.69, 9.17) is 17.3 Å². The number of amides is 2. The van der Waals surface area contributed by atoms with Crippen molar-refractivity contribution in [3.8, 4) is 0 Å². The van der Waals surface area contributed by atoms with E-state index in [1.54, 1.807) is 11.7 Å². The van der Waals surface area contributed by atoms with Gasteiger partial charge in [0.25, 0.3) is 5.91 Å². The summed E-state index contributed by atoms with van der Waals surface area (Å²) in [5.74, 6) is -0.612. The van der Waals surface area contributed by atoms with E-state index in [2.05, 4.69) is 15.3 Å². The summed E-state index contributed by atoms with van der Waals surface area (Å²) in [5.41, 5.74) is 6.36. The van der Waals surface area contributed by atoms with Crippen LogP contribution in [0.5, 0.6) is 0 Å². The van der Waals surface area contributed by atoms with E-state index in [1.807, 2.05) is 6.92 Å². The van der Waals surface area contributed by atoms with Crippen LogP contribution in [0.1, 0.15) is 29.0 Å². The van der Waals surface area contributed by atoms with Crippen LogP contribution in [0.4, 0.5) is 0 Å². The smallest absolute Gasteiger partial charge is 0.273 e. The highest BCUT2D eigenvalue weighted by molar-refractivity contribution is 6.34. The number of carbonyl (C=O) groups excluding carboxylic acids is 2. The third-order valence-electron chi connectivity index (χ3n) is 4.10. The van der Waals surface area contributed by atoms with E-state index in [0.717, 1.165) is 25.1 Å². The number of halogens is 1. The van der Waals surface area contributed by atoms with Crippen molar-refractivity contribution in [3.63, 3.8) is 0 Å². The van der Waals surface area contributed by atoms with Crippen molar-refractivity contribution in [1.82, 2.24) is 20.0 Å². The van der Waals surface area contributed by atoms with E-state index in [-0.39, 0.29) is 23.4 Å². The van der Waals surface area contributed by atoms with Gasteiger partial charge in [0.2, 0.25) is 5.91 Å². The fraction of sp³-hybridized carbons (Fsp3) is 0.643. The predicted molar refractivity (Wildman–Crippen MR) is 83.6 cm³/mol. The number of hydrogen-bond acceptors (Lipinski definition) is 4. The molecule has 0 unspecified atom stereocenters. The second kappa shape index (κ2) is 7.11. The Bertz CT molecular complexity index is 572. The maximum absolute atomic E-state index is 12.1. The Morgan fingerprint density at radius 1 is 1.50 bits per heavy atom. The van der Waals surface area contributed by atoms with Crippen LogP contribution < -0.4 is 11.1 Å². The van der Waals surface area contributed by atoms with Gasteiger partial charge < -0.3 is 16.0 Å². The number of hydrogen-bond donors (Lipinski definition) is 2. The lowest BCUT2D eigenvalue weighted by Gasteiger charge is -2.30. The summed E-state index contributed by atoms with van der Waals surface area (Å²) in [4.78, 5) is 25.5. The standard InChI is InChI=1S/C14H22ClN5O2/c1-9-11(15)12(18-19(9)2)14(22)17-5-7-20-6-3-4-10(8-20)13(16)21/h10H,3-8H2,1-2H3,(H2,16,21)(H,17,22)/t10-/m1/s1. The van der Waals surface area contributed by atoms with Gasteiger partial charge in [-0.15, -0.1) is 0 Å². The zero-order chi connectivity index (χ0) is 16.3.